The van der Waals surface area contributed by atoms with Crippen LogP contribution in [0.1, 0.15) is 85.9 Å². The summed E-state index contributed by atoms with van der Waals surface area (Å²) in [4.78, 5) is 199. The van der Waals surface area contributed by atoms with Crippen molar-refractivity contribution < 1.29 is 102 Å². The Balaban J connectivity index is 1.43. The molecular formula is C63H73N11O21S. The number of ether oxygens (including phenoxy) is 2. The van der Waals surface area contributed by atoms with Crippen LogP contribution in [0.3, 0.4) is 0 Å². The maximum atomic E-state index is 14.5. The van der Waals surface area contributed by atoms with Crippen molar-refractivity contribution in [1.82, 2.24) is 58.5 Å². The molecule has 0 radical (unpaired) electrons. The number of hydrogen-bond acceptors (Lipinski definition) is 18. The minimum atomic E-state index is -2.00. The third-order valence-corrected chi connectivity index (χ3v) is 15.6. The lowest BCUT2D eigenvalue weighted by molar-refractivity contribution is -0.142. The summed E-state index contributed by atoms with van der Waals surface area (Å²) in [5, 5.41) is 65.5. The van der Waals surface area contributed by atoms with Crippen molar-refractivity contribution in [2.24, 2.45) is 0 Å². The SMILES string of the molecule is CC(=O)N[C@H]1CSCc2cc3cc(c2)COc2ccc(cc2)[C@@H](C(=O)O)NC(=O)CNC(=O)[C@H](Cc2ccccc2)NC(=O)[C@H](C)NC(=O)[C@H](CC(=O)O)NC(=O)[C@H](Cc2ccc(cc2)OC3)NC(=O)[C@H](CCC(=O)O)NC(=O)CNC(=O)[C@H](C)NC(=O)[C@H](CC(=O)O)NC1=O. The molecule has 0 spiro atoms. The summed E-state index contributed by atoms with van der Waals surface area (Å²) in [5.41, 5.74) is 2.68. The lowest BCUT2D eigenvalue weighted by atomic mass is 10.0. The van der Waals surface area contributed by atoms with E-state index >= 15 is 0 Å². The molecule has 4 heterocycles. The van der Waals surface area contributed by atoms with Crippen molar-refractivity contribution in [3.8, 4) is 11.5 Å². The molecule has 512 valence electrons. The highest BCUT2D eigenvalue weighted by atomic mass is 32.2. The molecule has 4 aromatic carbocycles. The van der Waals surface area contributed by atoms with Crippen molar-refractivity contribution in [1.29, 1.82) is 0 Å². The monoisotopic (exact) mass is 1350 g/mol. The normalized spacial score (nSPS) is 22.8. The average molecular weight is 1350 g/mol. The Kier molecular flexibility index (Phi) is 27.6. The number of carbonyl (C=O) groups is 15. The standard InChI is InChI=1S/C63H73N11O21S/c1-32-55(84)64-26-49(76)69-43(17-18-51(78)79)58(87)71-45-23-36-9-13-41(14-10-36)94-28-37-19-38(21-39(20-37)30-96-31-48(68-34(3)75)62(91)73-47(25-53(82)83)59(88)66-32)29-95-42-15-11-40(12-16-42)54(63(92)93)74-50(77)27-65-57(86)44(22-35-7-5-4-6-8-35)70-56(85)33(2)67-60(89)46(24-52(80)81)72-61(45)90/h4-16,19-21,32-33,43-48,54H,17-18,22-31H2,1-3H3,(H,64,84)(H,65,86)(H,66,88)(H,67,89)(H,68,75)(H,69,76)(H,70,85)(H,71,87)(H,72,90)(H,73,91)(H,74,77)(H,78,79)(H,80,81)(H,82,83)(H,92,93)/t32-,33-,43-,44-,45-,46-,47-,48-,54-/m0/s1. The molecule has 8 rings (SSSR count). The second kappa shape index (κ2) is 35.8. The Hall–Kier alpha value is -11.1. The molecule has 4 aromatic rings. The van der Waals surface area contributed by atoms with Crippen LogP contribution >= 0.6 is 11.8 Å². The number of rotatable bonds is 11. The van der Waals surface area contributed by atoms with Crippen LogP contribution in [-0.2, 0) is 104 Å². The zero-order chi connectivity index (χ0) is 70.2. The Labute approximate surface area is 552 Å². The molecule has 15 N–H and O–H groups in total. The van der Waals surface area contributed by atoms with E-state index in [0.29, 0.717) is 27.8 Å². The first kappa shape index (κ1) is 73.9. The molecule has 8 bridgehead atoms. The van der Waals surface area contributed by atoms with Crippen LogP contribution in [0.5, 0.6) is 11.5 Å². The Bertz CT molecular complexity index is 3560. The summed E-state index contributed by atoms with van der Waals surface area (Å²) in [6.45, 7) is 1.52. The van der Waals surface area contributed by atoms with E-state index in [1.807, 2.05) is 0 Å². The summed E-state index contributed by atoms with van der Waals surface area (Å²) in [7, 11) is 0. The van der Waals surface area contributed by atoms with E-state index in [1.54, 1.807) is 48.5 Å². The van der Waals surface area contributed by atoms with Gasteiger partial charge in [-0.1, -0.05) is 66.7 Å². The minimum Gasteiger partial charge on any atom is -0.489 e. The number of fused-ring (bicyclic) bond motifs is 35. The summed E-state index contributed by atoms with van der Waals surface area (Å²) in [5.74, 6) is -17.1. The van der Waals surface area contributed by atoms with Gasteiger partial charge in [0.25, 0.3) is 0 Å². The lowest BCUT2D eigenvalue weighted by Gasteiger charge is -2.26. The number of nitrogens with one attached hydrogen (secondary N) is 11. The van der Waals surface area contributed by atoms with Crippen LogP contribution in [0.15, 0.2) is 97.1 Å². The molecular weight excluding hydrogens is 1280 g/mol. The Morgan fingerprint density at radius 2 is 1.02 bits per heavy atom. The molecule has 0 saturated carbocycles. The van der Waals surface area contributed by atoms with E-state index in [1.165, 1.54) is 55.5 Å². The van der Waals surface area contributed by atoms with Gasteiger partial charge in [0.2, 0.25) is 65.0 Å². The van der Waals surface area contributed by atoms with Crippen LogP contribution < -0.4 is 68.0 Å². The molecule has 9 atom stereocenters. The van der Waals surface area contributed by atoms with Crippen molar-refractivity contribution in [3.05, 3.63) is 130 Å². The van der Waals surface area contributed by atoms with E-state index in [4.69, 9.17) is 9.47 Å². The van der Waals surface area contributed by atoms with Gasteiger partial charge >= 0.3 is 23.9 Å². The smallest absolute Gasteiger partial charge is 0.330 e. The predicted octanol–water partition coefficient (Wildman–Crippen LogP) is -1.88. The van der Waals surface area contributed by atoms with E-state index in [-0.39, 0.29) is 48.2 Å². The molecule has 11 amide bonds. The maximum absolute atomic E-state index is 14.5. The van der Waals surface area contributed by atoms with Crippen LogP contribution in [-0.4, -0.2) is 176 Å². The highest BCUT2D eigenvalue weighted by Gasteiger charge is 2.35. The van der Waals surface area contributed by atoms with Gasteiger partial charge in [0, 0.05) is 37.7 Å². The summed E-state index contributed by atoms with van der Waals surface area (Å²) >= 11 is 1.15. The van der Waals surface area contributed by atoms with Crippen molar-refractivity contribution in [2.75, 3.05) is 18.8 Å². The zero-order valence-corrected chi connectivity index (χ0v) is 52.9. The fraction of sp³-hybridized carbons (Fsp3) is 0.381. The molecule has 96 heavy (non-hydrogen) atoms. The molecule has 0 aliphatic carbocycles. The Morgan fingerprint density at radius 1 is 0.510 bits per heavy atom. The highest BCUT2D eigenvalue weighted by Crippen LogP contribution is 2.24. The average Bonchev–Trinajstić information content (AvgIpc) is 0.928. The number of aliphatic carboxylic acids is 4. The Morgan fingerprint density at radius 3 is 1.57 bits per heavy atom. The molecule has 4 aliphatic rings. The van der Waals surface area contributed by atoms with Gasteiger partial charge in [-0.05, 0) is 84.0 Å². The number of amides is 11. The van der Waals surface area contributed by atoms with Gasteiger partial charge in [0.15, 0.2) is 6.04 Å². The van der Waals surface area contributed by atoms with Gasteiger partial charge in [0.1, 0.15) is 73.0 Å². The van der Waals surface area contributed by atoms with Gasteiger partial charge in [-0.3, -0.25) is 67.1 Å². The number of thioether (sulfide) groups is 1. The van der Waals surface area contributed by atoms with Crippen LogP contribution in [0.4, 0.5) is 0 Å². The lowest BCUT2D eigenvalue weighted by Crippen LogP contribution is -2.60. The highest BCUT2D eigenvalue weighted by molar-refractivity contribution is 7.98. The molecule has 0 aromatic heterocycles. The molecule has 4 aliphatic heterocycles. The van der Waals surface area contributed by atoms with Crippen molar-refractivity contribution >= 4 is 101 Å². The molecule has 0 fully saturated rings. The fourth-order valence-corrected chi connectivity index (χ4v) is 10.7. The first-order valence-electron chi connectivity index (χ1n) is 29.9. The van der Waals surface area contributed by atoms with Crippen LogP contribution in [0.25, 0.3) is 0 Å². The van der Waals surface area contributed by atoms with Crippen molar-refractivity contribution in [3.63, 3.8) is 0 Å². The second-order valence-electron chi connectivity index (χ2n) is 22.3. The number of carbonyl (C=O) groups excluding carboxylic acids is 11. The van der Waals surface area contributed by atoms with E-state index < -0.39 is 188 Å². The topological polar surface area (TPSA) is 488 Å². The molecule has 0 saturated heterocycles. The van der Waals surface area contributed by atoms with E-state index in [2.05, 4.69) is 58.5 Å². The maximum Gasteiger partial charge on any atom is 0.330 e. The predicted molar refractivity (Wildman–Crippen MR) is 336 cm³/mol. The fourth-order valence-electron chi connectivity index (χ4n) is 9.66. The second-order valence-corrected chi connectivity index (χ2v) is 23.4. The first-order chi connectivity index (χ1) is 45.6. The summed E-state index contributed by atoms with van der Waals surface area (Å²) in [6, 6.07) is 10.3. The van der Waals surface area contributed by atoms with Gasteiger partial charge < -0.3 is 88.4 Å². The van der Waals surface area contributed by atoms with Gasteiger partial charge in [-0.2, -0.15) is 11.8 Å². The van der Waals surface area contributed by atoms with Crippen LogP contribution in [0, 0.1) is 0 Å². The van der Waals surface area contributed by atoms with E-state index in [0.717, 1.165) is 25.6 Å². The quantitative estimate of drug-likeness (QED) is 0.0731. The van der Waals surface area contributed by atoms with Gasteiger partial charge in [-0.15, -0.1) is 0 Å². The van der Waals surface area contributed by atoms with Crippen molar-refractivity contribution in [2.45, 2.75) is 133 Å². The van der Waals surface area contributed by atoms with Gasteiger partial charge in [0.05, 0.1) is 25.9 Å². The molecule has 0 unspecified atom stereocenters. The van der Waals surface area contributed by atoms with E-state index in [9.17, 15) is 92.3 Å². The zero-order valence-electron chi connectivity index (χ0n) is 52.1. The summed E-state index contributed by atoms with van der Waals surface area (Å²) < 4.78 is 12.3. The largest absolute Gasteiger partial charge is 0.489 e. The number of carboxylic acids is 4. The number of carboxylic acid groups (broad SMARTS) is 4. The molecule has 33 heteroatoms. The third kappa shape index (κ3) is 24.1. The minimum absolute atomic E-state index is 0.102. The molecule has 32 nitrogen and oxygen atoms in total. The van der Waals surface area contributed by atoms with Gasteiger partial charge in [-0.25, -0.2) is 4.79 Å². The number of hydrogen-bond donors (Lipinski definition) is 15. The third-order valence-electron chi connectivity index (χ3n) is 14.5. The number of benzene rings is 4. The summed E-state index contributed by atoms with van der Waals surface area (Å²) in [6.07, 6.45) is -4.12. The van der Waals surface area contributed by atoms with Crippen LogP contribution in [0.2, 0.25) is 0 Å². The first-order valence-corrected chi connectivity index (χ1v) is 31.0.